The third-order valence-corrected chi connectivity index (χ3v) is 5.75. The van der Waals surface area contributed by atoms with E-state index in [2.05, 4.69) is 5.32 Å². The fourth-order valence-electron chi connectivity index (χ4n) is 3.58. The zero-order chi connectivity index (χ0) is 25.4. The molecule has 33 heavy (non-hydrogen) atoms. The van der Waals surface area contributed by atoms with Crippen molar-refractivity contribution >= 4 is 18.7 Å². The number of rotatable bonds is 7. The summed E-state index contributed by atoms with van der Waals surface area (Å²) in [5, 5.41) is 2.74. The van der Waals surface area contributed by atoms with Gasteiger partial charge in [-0.05, 0) is 73.8 Å². The summed E-state index contributed by atoms with van der Waals surface area (Å²) in [6.45, 7) is 18.4. The van der Waals surface area contributed by atoms with Gasteiger partial charge >= 0.3 is 13.2 Å². The molecule has 6 nitrogen and oxygen atoms in total. The number of hydrogen-bond donors (Lipinski definition) is 1. The van der Waals surface area contributed by atoms with Crippen LogP contribution in [0.25, 0.3) is 0 Å². The van der Waals surface area contributed by atoms with E-state index in [-0.39, 0.29) is 23.7 Å². The lowest BCUT2D eigenvalue weighted by Gasteiger charge is -2.32. The van der Waals surface area contributed by atoms with Crippen LogP contribution in [0.2, 0.25) is 0 Å². The van der Waals surface area contributed by atoms with Crippen LogP contribution in [0.5, 0.6) is 5.75 Å². The van der Waals surface area contributed by atoms with Crippen LogP contribution in [0.3, 0.4) is 0 Å². The molecule has 186 valence electrons. The molecule has 1 saturated heterocycles. The minimum Gasteiger partial charge on any atom is -0.486 e. The van der Waals surface area contributed by atoms with Crippen molar-refractivity contribution in [3.63, 3.8) is 0 Å². The quantitative estimate of drug-likeness (QED) is 0.572. The number of ether oxygens (including phenoxy) is 2. The fraction of sp³-hybridized carbons (Fsp3) is 0.708. The normalized spacial score (nSPS) is 19.4. The Bertz CT molecular complexity index is 853. The van der Waals surface area contributed by atoms with Crippen molar-refractivity contribution in [1.29, 1.82) is 0 Å². The van der Waals surface area contributed by atoms with Gasteiger partial charge in [0.25, 0.3) is 0 Å². The molecule has 1 fully saturated rings. The van der Waals surface area contributed by atoms with E-state index in [1.54, 1.807) is 6.92 Å². The number of nitrogens with one attached hydrogen (secondary N) is 1. The van der Waals surface area contributed by atoms with Crippen molar-refractivity contribution in [1.82, 2.24) is 5.32 Å². The van der Waals surface area contributed by atoms with Crippen LogP contribution in [-0.4, -0.2) is 42.2 Å². The predicted molar refractivity (Wildman–Crippen MR) is 125 cm³/mol. The van der Waals surface area contributed by atoms with E-state index in [9.17, 15) is 13.6 Å². The smallest absolute Gasteiger partial charge is 0.486 e. The zero-order valence-electron chi connectivity index (χ0n) is 21.5. The highest BCUT2D eigenvalue weighted by atomic mass is 19.1. The van der Waals surface area contributed by atoms with Gasteiger partial charge in [-0.15, -0.1) is 0 Å². The van der Waals surface area contributed by atoms with Crippen LogP contribution in [0, 0.1) is 17.6 Å². The lowest BCUT2D eigenvalue weighted by atomic mass is 9.78. The first-order valence-corrected chi connectivity index (χ1v) is 11.3. The van der Waals surface area contributed by atoms with Crippen LogP contribution < -0.4 is 15.5 Å². The molecule has 0 unspecified atom stereocenters. The summed E-state index contributed by atoms with van der Waals surface area (Å²) in [4.78, 5) is 12.3. The average Bonchev–Trinajstić information content (AvgIpc) is 2.80. The van der Waals surface area contributed by atoms with Gasteiger partial charge in [-0.1, -0.05) is 13.8 Å². The average molecular weight is 469 g/mol. The molecular formula is C24H38BF2NO5. The molecule has 0 spiro atoms. The number of hydrogen-bond acceptors (Lipinski definition) is 5. The lowest BCUT2D eigenvalue weighted by molar-refractivity contribution is -0.0257. The van der Waals surface area contributed by atoms with Crippen molar-refractivity contribution in [2.24, 2.45) is 5.92 Å². The van der Waals surface area contributed by atoms with Crippen LogP contribution in [-0.2, 0) is 14.0 Å². The molecule has 1 aromatic rings. The van der Waals surface area contributed by atoms with Gasteiger partial charge in [0.2, 0.25) is 0 Å². The Labute approximate surface area is 196 Å². The van der Waals surface area contributed by atoms with E-state index in [0.29, 0.717) is 6.42 Å². The van der Waals surface area contributed by atoms with Crippen LogP contribution in [0.15, 0.2) is 12.1 Å². The molecule has 1 amide bonds. The van der Waals surface area contributed by atoms with Crippen molar-refractivity contribution in [3.05, 3.63) is 23.8 Å². The van der Waals surface area contributed by atoms with Crippen LogP contribution >= 0.6 is 0 Å². The summed E-state index contributed by atoms with van der Waals surface area (Å²) in [5.74, 6) is -1.56. The van der Waals surface area contributed by atoms with E-state index in [1.807, 2.05) is 62.3 Å². The monoisotopic (exact) mass is 469 g/mol. The van der Waals surface area contributed by atoms with Crippen molar-refractivity contribution < 1.29 is 32.4 Å². The summed E-state index contributed by atoms with van der Waals surface area (Å²) >= 11 is 0. The first-order valence-electron chi connectivity index (χ1n) is 11.3. The molecule has 0 radical (unpaired) electrons. The Balaban J connectivity index is 2.18. The molecule has 1 aromatic carbocycles. The van der Waals surface area contributed by atoms with Gasteiger partial charge in [-0.25, -0.2) is 13.6 Å². The standard InChI is InChI=1S/C24H38BF2NO5/c1-15(2)13-24(10,31-20(29)28-21(3,4)5)14-30-19-12-17(26)16(11-18(19)27)25-32-22(6,7)23(8,9)33-25/h11-12,15H,13-14H2,1-10H3,(H,28,29)/t24-/m0/s1. The van der Waals surface area contributed by atoms with E-state index in [0.717, 1.165) is 12.1 Å². The molecule has 9 heteroatoms. The van der Waals surface area contributed by atoms with E-state index < -0.39 is 47.2 Å². The third kappa shape index (κ3) is 7.06. The van der Waals surface area contributed by atoms with Crippen LogP contribution in [0.4, 0.5) is 13.6 Å². The van der Waals surface area contributed by atoms with E-state index in [1.165, 1.54) is 0 Å². The number of halogens is 2. The van der Waals surface area contributed by atoms with Crippen molar-refractivity contribution in [3.8, 4) is 5.75 Å². The number of amides is 1. The van der Waals surface area contributed by atoms with E-state index >= 15 is 0 Å². The summed E-state index contributed by atoms with van der Waals surface area (Å²) in [6.07, 6.45) is -0.127. The van der Waals surface area contributed by atoms with Crippen molar-refractivity contribution in [2.45, 2.75) is 98.0 Å². The van der Waals surface area contributed by atoms with Gasteiger partial charge in [0.15, 0.2) is 11.6 Å². The van der Waals surface area contributed by atoms with Gasteiger partial charge < -0.3 is 24.1 Å². The molecule has 1 atom stereocenters. The first-order chi connectivity index (χ1) is 14.8. The Morgan fingerprint density at radius 2 is 1.61 bits per heavy atom. The van der Waals surface area contributed by atoms with Gasteiger partial charge in [-0.3, -0.25) is 0 Å². The molecule has 1 aliphatic rings. The molecule has 0 aliphatic carbocycles. The Kier molecular flexibility index (Phi) is 7.81. The van der Waals surface area contributed by atoms with Gasteiger partial charge in [0.1, 0.15) is 18.0 Å². The van der Waals surface area contributed by atoms with E-state index in [4.69, 9.17) is 18.8 Å². The van der Waals surface area contributed by atoms with Gasteiger partial charge in [-0.2, -0.15) is 0 Å². The summed E-state index contributed by atoms with van der Waals surface area (Å²) in [7, 11) is -1.03. The van der Waals surface area contributed by atoms with Crippen LogP contribution in [0.1, 0.15) is 75.7 Å². The zero-order valence-corrected chi connectivity index (χ0v) is 21.5. The number of benzene rings is 1. The Morgan fingerprint density at radius 3 is 2.09 bits per heavy atom. The topological polar surface area (TPSA) is 66.0 Å². The number of carbonyl (C=O) groups excluding carboxylic acids is 1. The molecular weight excluding hydrogens is 431 g/mol. The van der Waals surface area contributed by atoms with Crippen molar-refractivity contribution in [2.75, 3.05) is 6.61 Å². The number of carbonyl (C=O) groups is 1. The third-order valence-electron chi connectivity index (χ3n) is 5.75. The maximum atomic E-state index is 14.9. The molecule has 1 aliphatic heterocycles. The minimum absolute atomic E-state index is 0.0377. The maximum Gasteiger partial charge on any atom is 0.497 e. The highest BCUT2D eigenvalue weighted by Crippen LogP contribution is 2.37. The predicted octanol–water partition coefficient (Wildman–Crippen LogP) is 4.97. The SMILES string of the molecule is CC(C)C[C@@](C)(COc1cc(F)c(B2OC(C)(C)C(C)(C)O2)cc1F)OC(=O)NC(C)(C)C. The molecule has 2 rings (SSSR count). The molecule has 1 heterocycles. The molecule has 0 bridgehead atoms. The second kappa shape index (κ2) is 9.41. The second-order valence-electron chi connectivity index (χ2n) is 11.5. The second-order valence-corrected chi connectivity index (χ2v) is 11.5. The Morgan fingerprint density at radius 1 is 1.06 bits per heavy atom. The fourth-order valence-corrected chi connectivity index (χ4v) is 3.58. The van der Waals surface area contributed by atoms with Gasteiger partial charge in [0, 0.05) is 17.1 Å². The maximum absolute atomic E-state index is 14.9. The minimum atomic E-state index is -1.04. The summed E-state index contributed by atoms with van der Waals surface area (Å²) < 4.78 is 52.7. The number of alkyl carbamates (subject to hydrolysis) is 1. The first kappa shape index (κ1) is 27.4. The van der Waals surface area contributed by atoms with Gasteiger partial charge in [0.05, 0.1) is 11.2 Å². The largest absolute Gasteiger partial charge is 0.497 e. The highest BCUT2D eigenvalue weighted by Gasteiger charge is 2.52. The molecule has 0 saturated carbocycles. The highest BCUT2D eigenvalue weighted by molar-refractivity contribution is 6.62. The molecule has 0 aromatic heterocycles. The Hall–Kier alpha value is -1.87. The summed E-state index contributed by atoms with van der Waals surface area (Å²) in [5.41, 5.74) is -2.92. The lowest BCUT2D eigenvalue weighted by Crippen LogP contribution is -2.47. The summed E-state index contributed by atoms with van der Waals surface area (Å²) in [6, 6.07) is 2.00. The molecule has 1 N–H and O–H groups in total.